The summed E-state index contributed by atoms with van der Waals surface area (Å²) in [7, 11) is 0. The number of hydrogen-bond acceptors (Lipinski definition) is 5. The second kappa shape index (κ2) is 4.51. The molecule has 0 amide bonds. The second-order valence-electron chi connectivity index (χ2n) is 3.28. The number of nitriles is 1. The van der Waals surface area contributed by atoms with E-state index >= 15 is 0 Å². The van der Waals surface area contributed by atoms with Gasteiger partial charge in [-0.25, -0.2) is 4.98 Å². The largest absolute Gasteiger partial charge is 0.378 e. The summed E-state index contributed by atoms with van der Waals surface area (Å²) in [6.45, 7) is 2.95. The smallest absolute Gasteiger partial charge is 0.146 e. The third-order valence-electron chi connectivity index (χ3n) is 2.28. The number of aromatic nitrogens is 1. The van der Waals surface area contributed by atoms with Gasteiger partial charge < -0.3 is 9.64 Å². The van der Waals surface area contributed by atoms with Crippen LogP contribution in [0, 0.1) is 11.3 Å². The van der Waals surface area contributed by atoms with Crippen LogP contribution in [0.2, 0.25) is 0 Å². The molecule has 78 valence electrons. The van der Waals surface area contributed by atoms with Crippen molar-refractivity contribution in [3.63, 3.8) is 0 Å². The van der Waals surface area contributed by atoms with Crippen LogP contribution in [0.4, 0.5) is 5.82 Å². The minimum Gasteiger partial charge on any atom is -0.378 e. The summed E-state index contributed by atoms with van der Waals surface area (Å²) in [6, 6.07) is 3.88. The highest BCUT2D eigenvalue weighted by Gasteiger charge is 2.15. The van der Waals surface area contributed by atoms with E-state index < -0.39 is 0 Å². The van der Waals surface area contributed by atoms with Crippen LogP contribution in [0.5, 0.6) is 0 Å². The number of hydrogen-bond donors (Lipinski definition) is 1. The van der Waals surface area contributed by atoms with Crippen LogP contribution in [0.15, 0.2) is 17.2 Å². The normalized spacial score (nSPS) is 16.1. The van der Waals surface area contributed by atoms with E-state index in [1.807, 2.05) is 0 Å². The minimum absolute atomic E-state index is 0.574. The highest BCUT2D eigenvalue weighted by atomic mass is 32.1. The maximum Gasteiger partial charge on any atom is 0.146 e. The molecule has 1 aromatic heterocycles. The Bertz CT molecular complexity index is 396. The Morgan fingerprint density at radius 3 is 2.87 bits per heavy atom. The van der Waals surface area contributed by atoms with E-state index in [1.54, 1.807) is 12.3 Å². The number of nitrogens with zero attached hydrogens (tertiary/aromatic N) is 3. The zero-order chi connectivity index (χ0) is 10.7. The topological polar surface area (TPSA) is 49.2 Å². The van der Waals surface area contributed by atoms with Gasteiger partial charge in [-0.15, -0.1) is 12.6 Å². The molecule has 4 nitrogen and oxygen atoms in total. The third-order valence-corrected chi connectivity index (χ3v) is 2.53. The van der Waals surface area contributed by atoms with Crippen LogP contribution >= 0.6 is 12.6 Å². The van der Waals surface area contributed by atoms with Gasteiger partial charge in [0, 0.05) is 24.2 Å². The molecule has 0 bridgehead atoms. The van der Waals surface area contributed by atoms with Crippen LogP contribution < -0.4 is 4.90 Å². The Kier molecular flexibility index (Phi) is 3.09. The molecule has 0 N–H and O–H groups in total. The maximum absolute atomic E-state index is 8.99. The van der Waals surface area contributed by atoms with E-state index in [1.165, 1.54) is 0 Å². The Morgan fingerprint density at radius 1 is 1.47 bits per heavy atom. The van der Waals surface area contributed by atoms with Gasteiger partial charge in [-0.3, -0.25) is 0 Å². The van der Waals surface area contributed by atoms with E-state index in [9.17, 15) is 0 Å². The fourth-order valence-corrected chi connectivity index (χ4v) is 1.74. The molecule has 0 radical (unpaired) electrons. The zero-order valence-corrected chi connectivity index (χ0v) is 9.07. The molecule has 1 aliphatic heterocycles. The van der Waals surface area contributed by atoms with Crippen LogP contribution in [0.25, 0.3) is 0 Å². The lowest BCUT2D eigenvalue weighted by Gasteiger charge is -2.28. The van der Waals surface area contributed by atoms with Crippen molar-refractivity contribution in [3.05, 3.63) is 17.8 Å². The van der Waals surface area contributed by atoms with E-state index in [4.69, 9.17) is 10.00 Å². The number of thiol groups is 1. The summed E-state index contributed by atoms with van der Waals surface area (Å²) in [4.78, 5) is 7.02. The third kappa shape index (κ3) is 2.22. The van der Waals surface area contributed by atoms with E-state index in [0.29, 0.717) is 23.7 Å². The average Bonchev–Trinajstić information content (AvgIpc) is 2.30. The van der Waals surface area contributed by atoms with Crippen molar-refractivity contribution in [2.24, 2.45) is 0 Å². The number of rotatable bonds is 1. The number of pyridine rings is 1. The van der Waals surface area contributed by atoms with Crippen LogP contribution in [-0.2, 0) is 4.74 Å². The monoisotopic (exact) mass is 221 g/mol. The quantitative estimate of drug-likeness (QED) is 0.721. The van der Waals surface area contributed by atoms with Gasteiger partial charge >= 0.3 is 0 Å². The highest BCUT2D eigenvalue weighted by Crippen LogP contribution is 2.20. The minimum atomic E-state index is 0.574. The molecule has 0 atom stereocenters. The van der Waals surface area contributed by atoms with Crippen molar-refractivity contribution in [2.75, 3.05) is 31.2 Å². The first-order chi connectivity index (χ1) is 7.31. The lowest BCUT2D eigenvalue weighted by molar-refractivity contribution is 0.122. The average molecular weight is 221 g/mol. The molecule has 1 saturated heterocycles. The molecular weight excluding hydrogens is 210 g/mol. The second-order valence-corrected chi connectivity index (χ2v) is 3.79. The van der Waals surface area contributed by atoms with Gasteiger partial charge in [0.05, 0.1) is 18.8 Å². The Labute approximate surface area is 93.9 Å². The number of anilines is 1. The fourth-order valence-electron chi connectivity index (χ4n) is 1.56. The summed E-state index contributed by atoms with van der Waals surface area (Å²) in [6.07, 6.45) is 1.66. The molecule has 1 aliphatic rings. The Balaban J connectivity index is 2.30. The number of morpholine rings is 1. The standard InChI is InChI=1S/C10H11N3OS/c11-6-8-5-9(15)7-12-10(8)13-1-3-14-4-2-13/h5,7,15H,1-4H2. The van der Waals surface area contributed by atoms with E-state index in [2.05, 4.69) is 28.6 Å². The van der Waals surface area contributed by atoms with Gasteiger partial charge in [0.2, 0.25) is 0 Å². The van der Waals surface area contributed by atoms with Gasteiger partial charge in [-0.1, -0.05) is 0 Å². The van der Waals surface area contributed by atoms with Gasteiger partial charge in [0.1, 0.15) is 11.9 Å². The predicted octanol–water partition coefficient (Wildman–Crippen LogP) is 1.08. The van der Waals surface area contributed by atoms with Crippen molar-refractivity contribution >= 4 is 18.4 Å². The first-order valence-corrected chi connectivity index (χ1v) is 5.18. The number of ether oxygens (including phenoxy) is 1. The van der Waals surface area contributed by atoms with Crippen molar-refractivity contribution < 1.29 is 4.74 Å². The van der Waals surface area contributed by atoms with E-state index in [0.717, 1.165) is 18.9 Å². The Morgan fingerprint density at radius 2 is 2.20 bits per heavy atom. The molecule has 2 rings (SSSR count). The molecule has 0 unspecified atom stereocenters. The lowest BCUT2D eigenvalue weighted by atomic mass is 10.2. The molecule has 0 aromatic carbocycles. The summed E-state index contributed by atoms with van der Waals surface area (Å²) >= 11 is 4.16. The summed E-state index contributed by atoms with van der Waals surface area (Å²) in [5.41, 5.74) is 0.574. The van der Waals surface area contributed by atoms with Crippen molar-refractivity contribution in [3.8, 4) is 6.07 Å². The summed E-state index contributed by atoms with van der Waals surface area (Å²) in [5, 5.41) is 8.99. The van der Waals surface area contributed by atoms with Crippen LogP contribution in [0.1, 0.15) is 5.56 Å². The molecule has 0 spiro atoms. The van der Waals surface area contributed by atoms with Gasteiger partial charge in [0.25, 0.3) is 0 Å². The molecule has 1 aromatic rings. The molecule has 15 heavy (non-hydrogen) atoms. The van der Waals surface area contributed by atoms with Crippen LogP contribution in [0.3, 0.4) is 0 Å². The predicted molar refractivity (Wildman–Crippen MR) is 59.2 cm³/mol. The first-order valence-electron chi connectivity index (χ1n) is 4.73. The molecule has 0 aliphatic carbocycles. The Hall–Kier alpha value is -1.25. The van der Waals surface area contributed by atoms with Crippen molar-refractivity contribution in [2.45, 2.75) is 4.90 Å². The van der Waals surface area contributed by atoms with E-state index in [-0.39, 0.29) is 0 Å². The maximum atomic E-state index is 8.99. The van der Waals surface area contributed by atoms with Gasteiger partial charge in [-0.2, -0.15) is 5.26 Å². The fraction of sp³-hybridized carbons (Fsp3) is 0.400. The van der Waals surface area contributed by atoms with Gasteiger partial charge in [0.15, 0.2) is 0 Å². The van der Waals surface area contributed by atoms with Crippen molar-refractivity contribution in [1.82, 2.24) is 4.98 Å². The molecule has 5 heteroatoms. The zero-order valence-electron chi connectivity index (χ0n) is 8.18. The SMILES string of the molecule is N#Cc1cc(S)cnc1N1CCOCC1. The molecular formula is C10H11N3OS. The summed E-state index contributed by atoms with van der Waals surface area (Å²) < 4.78 is 5.25. The molecule has 2 heterocycles. The molecule has 0 saturated carbocycles. The highest BCUT2D eigenvalue weighted by molar-refractivity contribution is 7.80. The lowest BCUT2D eigenvalue weighted by Crippen LogP contribution is -2.37. The van der Waals surface area contributed by atoms with Gasteiger partial charge in [-0.05, 0) is 6.07 Å². The first kappa shape index (κ1) is 10.3. The molecule has 1 fully saturated rings. The summed E-state index contributed by atoms with van der Waals surface area (Å²) in [5.74, 6) is 0.735. The van der Waals surface area contributed by atoms with Crippen LogP contribution in [-0.4, -0.2) is 31.3 Å². The van der Waals surface area contributed by atoms with Crippen molar-refractivity contribution in [1.29, 1.82) is 5.26 Å².